The van der Waals surface area contributed by atoms with Gasteiger partial charge in [0.05, 0.1) is 4.90 Å². The van der Waals surface area contributed by atoms with Gasteiger partial charge in [0.25, 0.3) is 0 Å². The molecular weight excluding hydrogens is 362 g/mol. The minimum Gasteiger partial charge on any atom is -0.399 e. The number of nitrogen functional groups attached to an aromatic ring is 1. The molecule has 0 unspecified atom stereocenters. The number of hydrogen-bond donors (Lipinski definition) is 2. The first-order valence-corrected chi connectivity index (χ1v) is 10.6. The molecule has 1 saturated heterocycles. The van der Waals surface area contributed by atoms with Crippen molar-refractivity contribution in [2.24, 2.45) is 0 Å². The predicted octanol–water partition coefficient (Wildman–Crippen LogP) is 3.01. The molecule has 2 aromatic rings. The van der Waals surface area contributed by atoms with Gasteiger partial charge in [-0.2, -0.15) is 4.31 Å². The molecule has 144 valence electrons. The van der Waals surface area contributed by atoms with E-state index in [0.29, 0.717) is 30.9 Å². The Morgan fingerprint density at radius 1 is 1.04 bits per heavy atom. The number of rotatable bonds is 6. The number of para-hydroxylation sites is 1. The molecule has 1 amide bonds. The average molecular weight is 388 g/mol. The van der Waals surface area contributed by atoms with E-state index in [-0.39, 0.29) is 17.2 Å². The van der Waals surface area contributed by atoms with Gasteiger partial charge in [-0.25, -0.2) is 8.42 Å². The van der Waals surface area contributed by atoms with Crippen LogP contribution in [0.15, 0.2) is 53.4 Å². The van der Waals surface area contributed by atoms with Crippen LogP contribution in [0.25, 0.3) is 0 Å². The summed E-state index contributed by atoms with van der Waals surface area (Å²) < 4.78 is 27.1. The lowest BCUT2D eigenvalue weighted by atomic mass is 10.1. The van der Waals surface area contributed by atoms with E-state index in [2.05, 4.69) is 5.32 Å². The zero-order valence-corrected chi connectivity index (χ0v) is 16.0. The highest BCUT2D eigenvalue weighted by Gasteiger charge is 2.26. The van der Waals surface area contributed by atoms with Crippen LogP contribution >= 0.6 is 0 Å². The van der Waals surface area contributed by atoms with Crippen molar-refractivity contribution in [1.82, 2.24) is 4.31 Å². The average Bonchev–Trinajstić information content (AvgIpc) is 2.68. The third kappa shape index (κ3) is 4.87. The number of anilines is 2. The van der Waals surface area contributed by atoms with Crippen LogP contribution < -0.4 is 11.1 Å². The molecule has 0 saturated carbocycles. The van der Waals surface area contributed by atoms with Crippen LogP contribution in [0.2, 0.25) is 0 Å². The molecule has 0 spiro atoms. The first-order valence-electron chi connectivity index (χ1n) is 9.20. The van der Waals surface area contributed by atoms with Gasteiger partial charge < -0.3 is 11.1 Å². The van der Waals surface area contributed by atoms with Gasteiger partial charge in [0.15, 0.2) is 0 Å². The molecule has 3 rings (SSSR count). The van der Waals surface area contributed by atoms with Crippen molar-refractivity contribution >= 4 is 27.3 Å². The zero-order chi connectivity index (χ0) is 19.3. The van der Waals surface area contributed by atoms with Crippen molar-refractivity contribution < 1.29 is 13.2 Å². The van der Waals surface area contributed by atoms with Crippen LogP contribution in [0.5, 0.6) is 0 Å². The van der Waals surface area contributed by atoms with Crippen LogP contribution in [-0.2, 0) is 21.2 Å². The fourth-order valence-corrected chi connectivity index (χ4v) is 4.79. The molecule has 1 heterocycles. The van der Waals surface area contributed by atoms with E-state index in [1.54, 1.807) is 18.2 Å². The lowest BCUT2D eigenvalue weighted by Gasteiger charge is -2.26. The zero-order valence-electron chi connectivity index (χ0n) is 15.2. The molecule has 0 aliphatic carbocycles. The van der Waals surface area contributed by atoms with E-state index >= 15 is 0 Å². The lowest BCUT2D eigenvalue weighted by Crippen LogP contribution is -2.35. The number of nitrogens with two attached hydrogens (primary N) is 1. The standard InChI is InChI=1S/C20H25N3O3S/c21-19-10-3-2-7-16(19)11-12-20(24)22-17-8-6-9-18(15-17)27(25,26)23-13-4-1-5-14-23/h2-3,6-10,15H,1,4-5,11-14,21H2,(H,22,24). The highest BCUT2D eigenvalue weighted by Crippen LogP contribution is 2.23. The van der Waals surface area contributed by atoms with E-state index < -0.39 is 10.0 Å². The maximum Gasteiger partial charge on any atom is 0.243 e. The van der Waals surface area contributed by atoms with Crippen LogP contribution in [0.3, 0.4) is 0 Å². The molecular formula is C20H25N3O3S. The summed E-state index contributed by atoms with van der Waals surface area (Å²) in [5.74, 6) is -0.175. The first kappa shape index (κ1) is 19.4. The summed E-state index contributed by atoms with van der Waals surface area (Å²) in [4.78, 5) is 12.5. The second-order valence-electron chi connectivity index (χ2n) is 6.74. The molecule has 7 heteroatoms. The number of hydrogen-bond acceptors (Lipinski definition) is 4. The number of sulfonamides is 1. The highest BCUT2D eigenvalue weighted by atomic mass is 32.2. The Hall–Kier alpha value is -2.38. The van der Waals surface area contributed by atoms with Crippen LogP contribution in [0, 0.1) is 0 Å². The van der Waals surface area contributed by atoms with Crippen molar-refractivity contribution in [3.63, 3.8) is 0 Å². The maximum atomic E-state index is 12.8. The van der Waals surface area contributed by atoms with Gasteiger partial charge in [0.1, 0.15) is 0 Å². The second-order valence-corrected chi connectivity index (χ2v) is 8.68. The highest BCUT2D eigenvalue weighted by molar-refractivity contribution is 7.89. The molecule has 0 bridgehead atoms. The van der Waals surface area contributed by atoms with Gasteiger partial charge in [-0.15, -0.1) is 0 Å². The number of nitrogens with one attached hydrogen (secondary N) is 1. The van der Waals surface area contributed by atoms with E-state index in [9.17, 15) is 13.2 Å². The van der Waals surface area contributed by atoms with Gasteiger partial charge in [-0.1, -0.05) is 30.7 Å². The molecule has 0 atom stereocenters. The minimum absolute atomic E-state index is 0.175. The summed E-state index contributed by atoms with van der Waals surface area (Å²) in [6.45, 7) is 1.11. The summed E-state index contributed by atoms with van der Waals surface area (Å²) in [5, 5.41) is 2.78. The summed E-state index contributed by atoms with van der Waals surface area (Å²) in [6, 6.07) is 13.9. The van der Waals surface area contributed by atoms with Crippen LogP contribution in [0.4, 0.5) is 11.4 Å². The molecule has 0 radical (unpaired) electrons. The SMILES string of the molecule is Nc1ccccc1CCC(=O)Nc1cccc(S(=O)(=O)N2CCCCC2)c1. The minimum atomic E-state index is -3.52. The molecule has 1 aliphatic heterocycles. The van der Waals surface area contributed by atoms with Crippen LogP contribution in [-0.4, -0.2) is 31.7 Å². The molecule has 1 fully saturated rings. The lowest BCUT2D eigenvalue weighted by molar-refractivity contribution is -0.116. The Balaban J connectivity index is 1.65. The molecule has 6 nitrogen and oxygen atoms in total. The third-order valence-corrected chi connectivity index (χ3v) is 6.64. The Labute approximate surface area is 160 Å². The third-order valence-electron chi connectivity index (χ3n) is 4.75. The monoisotopic (exact) mass is 387 g/mol. The van der Waals surface area contributed by atoms with Gasteiger partial charge >= 0.3 is 0 Å². The molecule has 1 aliphatic rings. The molecule has 0 aromatic heterocycles. The summed E-state index contributed by atoms with van der Waals surface area (Å²) >= 11 is 0. The largest absolute Gasteiger partial charge is 0.399 e. The van der Waals surface area contributed by atoms with Gasteiger partial charge in [-0.3, -0.25) is 4.79 Å². The fourth-order valence-electron chi connectivity index (χ4n) is 3.22. The Morgan fingerprint density at radius 2 is 1.78 bits per heavy atom. The predicted molar refractivity (Wildman–Crippen MR) is 107 cm³/mol. The number of nitrogens with zero attached hydrogens (tertiary/aromatic N) is 1. The van der Waals surface area contributed by atoms with Crippen molar-refractivity contribution in [3.8, 4) is 0 Å². The molecule has 27 heavy (non-hydrogen) atoms. The number of piperidine rings is 1. The van der Waals surface area contributed by atoms with E-state index in [1.165, 1.54) is 10.4 Å². The first-order chi connectivity index (χ1) is 13.0. The summed E-state index contributed by atoms with van der Waals surface area (Å²) in [5.41, 5.74) is 7.97. The Kier molecular flexibility index (Phi) is 6.13. The van der Waals surface area contributed by atoms with Crippen molar-refractivity contribution in [1.29, 1.82) is 0 Å². The summed E-state index contributed by atoms with van der Waals surface area (Å²) in [7, 11) is -3.52. The van der Waals surface area contributed by atoms with Crippen LogP contribution in [0.1, 0.15) is 31.2 Å². The molecule has 3 N–H and O–H groups in total. The van der Waals surface area contributed by atoms with Gasteiger partial charge in [0, 0.05) is 30.9 Å². The Morgan fingerprint density at radius 3 is 2.52 bits per heavy atom. The van der Waals surface area contributed by atoms with Crippen molar-refractivity contribution in [3.05, 3.63) is 54.1 Å². The number of carbonyl (C=O) groups excluding carboxylic acids is 1. The number of amides is 1. The maximum absolute atomic E-state index is 12.8. The van der Waals surface area contributed by atoms with Crippen molar-refractivity contribution in [2.75, 3.05) is 24.1 Å². The fraction of sp³-hybridized carbons (Fsp3) is 0.350. The Bertz CT molecular complexity index is 906. The molecule has 2 aromatic carbocycles. The number of carbonyl (C=O) groups is 1. The van der Waals surface area contributed by atoms with Crippen molar-refractivity contribution in [2.45, 2.75) is 37.0 Å². The number of aryl methyl sites for hydroxylation is 1. The number of benzene rings is 2. The quantitative estimate of drug-likeness (QED) is 0.745. The van der Waals surface area contributed by atoms with E-state index in [0.717, 1.165) is 24.8 Å². The second kappa shape index (κ2) is 8.54. The van der Waals surface area contributed by atoms with Gasteiger partial charge in [0.2, 0.25) is 15.9 Å². The summed E-state index contributed by atoms with van der Waals surface area (Å²) in [6.07, 6.45) is 3.65. The van der Waals surface area contributed by atoms with Gasteiger partial charge in [-0.05, 0) is 49.1 Å². The van der Waals surface area contributed by atoms with E-state index in [4.69, 9.17) is 5.73 Å². The topological polar surface area (TPSA) is 92.5 Å². The normalized spacial score (nSPS) is 15.4. The van der Waals surface area contributed by atoms with E-state index in [1.807, 2.05) is 24.3 Å². The smallest absolute Gasteiger partial charge is 0.243 e.